The molecule has 0 fully saturated rings. The monoisotopic (exact) mass is 504 g/mol. The molecule has 1 aliphatic rings. The number of carbonyl (C=O) groups is 1. The van der Waals surface area contributed by atoms with E-state index in [0.717, 1.165) is 16.9 Å². The highest BCUT2D eigenvalue weighted by atomic mass is 28.4. The van der Waals surface area contributed by atoms with Gasteiger partial charge in [-0.05, 0) is 54.5 Å². The molecule has 0 aliphatic carbocycles. The second kappa shape index (κ2) is 8.68. The molecular weight excluding hydrogens is 468 g/mol. The maximum Gasteiger partial charge on any atom is 0.323 e. The number of ether oxygens (including phenoxy) is 2. The summed E-state index contributed by atoms with van der Waals surface area (Å²) in [5.41, 5.74) is 1.68. The standard InChI is InChI=1S/C29H36O4Si2/c1-28(2,3)35(7,8)33-22-18-19-26-24(20-22)29(34(4,5)6,23-16-12-13-17-25(23)32-26)27(30)31-21-14-10-9-11-15-21/h9-20H,1-8H3. The minimum Gasteiger partial charge on any atom is -0.543 e. The Kier molecular flexibility index (Phi) is 6.26. The molecule has 0 aromatic heterocycles. The van der Waals surface area contributed by atoms with E-state index in [2.05, 4.69) is 53.5 Å². The Morgan fingerprint density at radius 3 is 2.00 bits per heavy atom. The topological polar surface area (TPSA) is 44.8 Å². The fourth-order valence-corrected chi connectivity index (χ4v) is 8.24. The molecule has 3 aromatic carbocycles. The third-order valence-corrected chi connectivity index (χ3v) is 14.8. The van der Waals surface area contributed by atoms with Crippen LogP contribution in [0.2, 0.25) is 37.8 Å². The molecule has 184 valence electrons. The second-order valence-corrected chi connectivity index (χ2v) is 21.8. The van der Waals surface area contributed by atoms with E-state index in [9.17, 15) is 4.79 Å². The summed E-state index contributed by atoms with van der Waals surface area (Å²) in [6, 6.07) is 23.1. The molecule has 0 bridgehead atoms. The Hall–Kier alpha value is -2.84. The molecule has 0 N–H and O–H groups in total. The molecule has 0 saturated carbocycles. The summed E-state index contributed by atoms with van der Waals surface area (Å²) in [4.78, 5) is 14.3. The minimum absolute atomic E-state index is 0.0497. The van der Waals surface area contributed by atoms with Gasteiger partial charge in [0.05, 0.1) is 8.07 Å². The highest BCUT2D eigenvalue weighted by molar-refractivity contribution is 6.83. The lowest BCUT2D eigenvalue weighted by atomic mass is 9.86. The fourth-order valence-electron chi connectivity index (χ4n) is 4.54. The predicted molar refractivity (Wildman–Crippen MR) is 147 cm³/mol. The van der Waals surface area contributed by atoms with Gasteiger partial charge in [-0.25, -0.2) is 0 Å². The highest BCUT2D eigenvalue weighted by Gasteiger charge is 2.58. The molecule has 1 aliphatic heterocycles. The summed E-state index contributed by atoms with van der Waals surface area (Å²) in [5, 5.41) is -0.923. The Morgan fingerprint density at radius 2 is 1.37 bits per heavy atom. The van der Waals surface area contributed by atoms with Gasteiger partial charge in [-0.15, -0.1) is 0 Å². The van der Waals surface area contributed by atoms with Crippen LogP contribution in [-0.2, 0) is 9.83 Å². The van der Waals surface area contributed by atoms with Gasteiger partial charge >= 0.3 is 5.97 Å². The van der Waals surface area contributed by atoms with E-state index in [1.54, 1.807) is 0 Å². The van der Waals surface area contributed by atoms with Crippen molar-refractivity contribution in [2.75, 3.05) is 0 Å². The molecule has 0 radical (unpaired) electrons. The molecule has 1 heterocycles. The molecular formula is C29H36O4Si2. The number of hydrogen-bond acceptors (Lipinski definition) is 4. The lowest BCUT2D eigenvalue weighted by Gasteiger charge is -2.46. The zero-order valence-corrected chi connectivity index (χ0v) is 24.1. The average Bonchev–Trinajstić information content (AvgIpc) is 2.76. The van der Waals surface area contributed by atoms with E-state index in [1.165, 1.54) is 0 Å². The van der Waals surface area contributed by atoms with Crippen LogP contribution in [0.15, 0.2) is 72.8 Å². The number of esters is 1. The summed E-state index contributed by atoms with van der Waals surface area (Å²) in [7, 11) is -4.43. The third kappa shape index (κ3) is 4.34. The lowest BCUT2D eigenvalue weighted by molar-refractivity contribution is -0.137. The maximum atomic E-state index is 14.3. The molecule has 4 rings (SSSR count). The zero-order valence-electron chi connectivity index (χ0n) is 22.1. The second-order valence-electron chi connectivity index (χ2n) is 11.8. The van der Waals surface area contributed by atoms with Crippen LogP contribution in [0.1, 0.15) is 31.9 Å². The maximum absolute atomic E-state index is 14.3. The molecule has 0 amide bonds. The van der Waals surface area contributed by atoms with E-state index in [-0.39, 0.29) is 11.0 Å². The van der Waals surface area contributed by atoms with Crippen LogP contribution >= 0.6 is 0 Å². The van der Waals surface area contributed by atoms with Crippen molar-refractivity contribution >= 4 is 22.4 Å². The third-order valence-electron chi connectivity index (χ3n) is 7.43. The SMILES string of the molecule is CC(C)(C)[Si](C)(C)Oc1ccc2c(c1)C(C(=O)Oc1ccccc1)([Si](C)(C)C)c1ccccc1O2. The molecule has 6 heteroatoms. The minimum atomic E-state index is -2.34. The smallest absolute Gasteiger partial charge is 0.323 e. The van der Waals surface area contributed by atoms with Crippen LogP contribution < -0.4 is 13.9 Å². The number of hydrogen-bond donors (Lipinski definition) is 0. The first-order valence-corrected chi connectivity index (χ1v) is 18.6. The zero-order chi connectivity index (χ0) is 25.6. The molecule has 1 atom stereocenters. The van der Waals surface area contributed by atoms with Gasteiger partial charge in [0.15, 0.2) is 0 Å². The quantitative estimate of drug-likeness (QED) is 0.201. The summed E-state index contributed by atoms with van der Waals surface area (Å²) in [6.45, 7) is 17.8. The van der Waals surface area contributed by atoms with Crippen LogP contribution in [0.5, 0.6) is 23.0 Å². The van der Waals surface area contributed by atoms with Crippen molar-refractivity contribution < 1.29 is 18.7 Å². The lowest BCUT2D eigenvalue weighted by Crippen LogP contribution is -2.58. The van der Waals surface area contributed by atoms with Gasteiger partial charge in [0.25, 0.3) is 0 Å². The van der Waals surface area contributed by atoms with Crippen molar-refractivity contribution in [2.45, 2.75) is 63.6 Å². The first-order chi connectivity index (χ1) is 16.3. The Bertz CT molecular complexity index is 1240. The van der Waals surface area contributed by atoms with E-state index < -0.39 is 21.4 Å². The molecule has 1 unspecified atom stereocenters. The van der Waals surface area contributed by atoms with E-state index in [4.69, 9.17) is 13.9 Å². The van der Waals surface area contributed by atoms with Crippen LogP contribution in [0.3, 0.4) is 0 Å². The number of para-hydroxylation sites is 2. The molecule has 35 heavy (non-hydrogen) atoms. The van der Waals surface area contributed by atoms with Crippen molar-refractivity contribution in [1.82, 2.24) is 0 Å². The molecule has 0 spiro atoms. The Morgan fingerprint density at radius 1 is 0.771 bits per heavy atom. The van der Waals surface area contributed by atoms with E-state index >= 15 is 0 Å². The predicted octanol–water partition coefficient (Wildman–Crippen LogP) is 7.95. The van der Waals surface area contributed by atoms with Crippen molar-refractivity contribution in [3.63, 3.8) is 0 Å². The van der Waals surface area contributed by atoms with E-state index in [1.807, 2.05) is 72.8 Å². The highest BCUT2D eigenvalue weighted by Crippen LogP contribution is 2.54. The summed E-state index contributed by atoms with van der Waals surface area (Å²) in [5.74, 6) is 2.41. The molecule has 0 saturated heterocycles. The van der Waals surface area contributed by atoms with E-state index in [0.29, 0.717) is 17.2 Å². The van der Waals surface area contributed by atoms with Gasteiger partial charge in [-0.1, -0.05) is 76.8 Å². The Balaban J connectivity index is 1.94. The van der Waals surface area contributed by atoms with Gasteiger partial charge in [0.1, 0.15) is 28.0 Å². The van der Waals surface area contributed by atoms with Crippen molar-refractivity contribution in [1.29, 1.82) is 0 Å². The van der Waals surface area contributed by atoms with Crippen molar-refractivity contribution in [3.05, 3.63) is 83.9 Å². The van der Waals surface area contributed by atoms with Gasteiger partial charge in [0.2, 0.25) is 8.32 Å². The summed E-state index contributed by atoms with van der Waals surface area (Å²) >= 11 is 0. The number of carbonyl (C=O) groups excluding carboxylic acids is 1. The van der Waals surface area contributed by atoms with Gasteiger partial charge in [0, 0.05) is 11.1 Å². The molecule has 3 aromatic rings. The first-order valence-electron chi connectivity index (χ1n) is 12.2. The van der Waals surface area contributed by atoms with Crippen LogP contribution in [0.25, 0.3) is 0 Å². The van der Waals surface area contributed by atoms with Gasteiger partial charge in [-0.3, -0.25) is 4.79 Å². The first kappa shape index (κ1) is 25.3. The number of rotatable bonds is 5. The largest absolute Gasteiger partial charge is 0.543 e. The number of benzene rings is 3. The fraction of sp³-hybridized carbons (Fsp3) is 0.345. The van der Waals surface area contributed by atoms with Gasteiger partial charge < -0.3 is 13.9 Å². The van der Waals surface area contributed by atoms with Crippen LogP contribution in [0.4, 0.5) is 0 Å². The van der Waals surface area contributed by atoms with Crippen LogP contribution in [0, 0.1) is 0 Å². The average molecular weight is 505 g/mol. The van der Waals surface area contributed by atoms with Crippen LogP contribution in [-0.4, -0.2) is 22.4 Å². The summed E-state index contributed by atoms with van der Waals surface area (Å²) in [6.07, 6.45) is 0. The van der Waals surface area contributed by atoms with Crippen molar-refractivity contribution in [3.8, 4) is 23.0 Å². The number of fused-ring (bicyclic) bond motifs is 2. The van der Waals surface area contributed by atoms with Gasteiger partial charge in [-0.2, -0.15) is 0 Å². The summed E-state index contributed by atoms with van der Waals surface area (Å²) < 4.78 is 19.1. The van der Waals surface area contributed by atoms with Crippen molar-refractivity contribution in [2.24, 2.45) is 0 Å². The molecule has 4 nitrogen and oxygen atoms in total. The normalized spacial score (nSPS) is 17.6. The Labute approximate surface area is 211 Å².